The molecule has 0 bridgehead atoms. The lowest BCUT2D eigenvalue weighted by atomic mass is 10.0. The van der Waals surface area contributed by atoms with E-state index in [1.807, 2.05) is 0 Å². The average Bonchev–Trinajstić information content (AvgIpc) is 3.06. The van der Waals surface area contributed by atoms with E-state index in [0.717, 1.165) is 51.4 Å². The second kappa shape index (κ2) is 36.4. The lowest BCUT2D eigenvalue weighted by molar-refractivity contribution is -0.124. The molecule has 0 aromatic heterocycles. The predicted molar refractivity (Wildman–Crippen MR) is 199 cm³/mol. The Balaban J connectivity index is 3.73. The number of carbonyl (C=O) groups excluding carboxylic acids is 1. The Kier molecular flexibility index (Phi) is 35.3. The summed E-state index contributed by atoms with van der Waals surface area (Å²) in [6, 6.07) is -0.834. The van der Waals surface area contributed by atoms with E-state index in [0.29, 0.717) is 12.8 Å². The van der Waals surface area contributed by atoms with Crippen LogP contribution in [0.2, 0.25) is 0 Å². The first-order chi connectivity index (χ1) is 22.6. The standard InChI is InChI=1S/C41H77NO4/c1-3-5-7-9-11-13-15-16-17-18-19-20-21-22-23-24-26-27-29-31-33-35-39(44)41(46)38(37-43)42-40(45)36-34-32-30-28-25-14-12-10-8-6-4-2/h10,12,22-23,27,29,38-39,41,43-44,46H,3-9,11,13-21,24-26,28,30-37H2,1-2H3,(H,42,45)/b12-10-,23-22+,29-27+. The zero-order chi connectivity index (χ0) is 33.8. The number of aliphatic hydroxyl groups excluding tert-OH is 3. The summed E-state index contributed by atoms with van der Waals surface area (Å²) in [5.41, 5.74) is 0. The highest BCUT2D eigenvalue weighted by Crippen LogP contribution is 2.14. The minimum atomic E-state index is -1.17. The highest BCUT2D eigenvalue weighted by atomic mass is 16.3. The monoisotopic (exact) mass is 648 g/mol. The number of amides is 1. The summed E-state index contributed by atoms with van der Waals surface area (Å²) in [7, 11) is 0. The summed E-state index contributed by atoms with van der Waals surface area (Å²) in [5, 5.41) is 33.3. The summed E-state index contributed by atoms with van der Waals surface area (Å²) in [6.07, 6.45) is 43.9. The zero-order valence-electron chi connectivity index (χ0n) is 30.5. The molecular formula is C41H77NO4. The summed E-state index contributed by atoms with van der Waals surface area (Å²) in [5.74, 6) is -0.171. The Labute approximate surface area is 285 Å². The Bertz CT molecular complexity index is 719. The molecule has 0 saturated carbocycles. The summed E-state index contributed by atoms with van der Waals surface area (Å²) in [6.45, 7) is 4.11. The molecule has 4 N–H and O–H groups in total. The van der Waals surface area contributed by atoms with Crippen molar-refractivity contribution in [1.29, 1.82) is 0 Å². The molecule has 5 nitrogen and oxygen atoms in total. The molecule has 46 heavy (non-hydrogen) atoms. The number of allylic oxidation sites excluding steroid dienone is 6. The van der Waals surface area contributed by atoms with Crippen molar-refractivity contribution in [1.82, 2.24) is 5.32 Å². The van der Waals surface area contributed by atoms with E-state index in [9.17, 15) is 20.1 Å². The van der Waals surface area contributed by atoms with Gasteiger partial charge in [0.05, 0.1) is 18.8 Å². The fraction of sp³-hybridized carbons (Fsp3) is 0.829. The molecule has 0 heterocycles. The van der Waals surface area contributed by atoms with Crippen LogP contribution in [0, 0.1) is 0 Å². The maximum absolute atomic E-state index is 12.3. The lowest BCUT2D eigenvalue weighted by Crippen LogP contribution is -2.50. The zero-order valence-corrected chi connectivity index (χ0v) is 30.5. The second-order valence-electron chi connectivity index (χ2n) is 13.5. The molecule has 3 atom stereocenters. The van der Waals surface area contributed by atoms with E-state index in [-0.39, 0.29) is 12.5 Å². The fourth-order valence-electron chi connectivity index (χ4n) is 5.80. The van der Waals surface area contributed by atoms with Crippen LogP contribution < -0.4 is 5.32 Å². The Hall–Kier alpha value is -1.43. The van der Waals surface area contributed by atoms with Gasteiger partial charge in [0.25, 0.3) is 0 Å². The van der Waals surface area contributed by atoms with Crippen LogP contribution in [0.25, 0.3) is 0 Å². The molecule has 3 unspecified atom stereocenters. The minimum absolute atomic E-state index is 0.171. The van der Waals surface area contributed by atoms with Gasteiger partial charge in [-0.25, -0.2) is 0 Å². The van der Waals surface area contributed by atoms with Gasteiger partial charge in [0.2, 0.25) is 5.91 Å². The molecular weight excluding hydrogens is 570 g/mol. The molecule has 0 aliphatic heterocycles. The van der Waals surface area contributed by atoms with Gasteiger partial charge in [-0.05, 0) is 70.6 Å². The SMILES string of the molecule is CCCC/C=C\CCCCCCCC(=O)NC(CO)C(O)C(O)CCC/C=C/CC/C=C/CCCCCCCCCCCCCC. The van der Waals surface area contributed by atoms with E-state index >= 15 is 0 Å². The maximum Gasteiger partial charge on any atom is 0.220 e. The topological polar surface area (TPSA) is 89.8 Å². The number of nitrogens with one attached hydrogen (secondary N) is 1. The normalized spacial score (nSPS) is 14.1. The second-order valence-corrected chi connectivity index (χ2v) is 13.5. The third-order valence-electron chi connectivity index (χ3n) is 8.94. The van der Waals surface area contributed by atoms with Crippen LogP contribution in [0.5, 0.6) is 0 Å². The van der Waals surface area contributed by atoms with Gasteiger partial charge >= 0.3 is 0 Å². The van der Waals surface area contributed by atoms with Crippen molar-refractivity contribution in [3.8, 4) is 0 Å². The van der Waals surface area contributed by atoms with Crippen LogP contribution in [0.15, 0.2) is 36.5 Å². The van der Waals surface area contributed by atoms with Crippen molar-refractivity contribution >= 4 is 5.91 Å². The first-order valence-electron chi connectivity index (χ1n) is 19.8. The summed E-state index contributed by atoms with van der Waals surface area (Å²) in [4.78, 5) is 12.3. The largest absolute Gasteiger partial charge is 0.394 e. The third kappa shape index (κ3) is 31.2. The molecule has 0 saturated heterocycles. The molecule has 0 spiro atoms. The van der Waals surface area contributed by atoms with Crippen LogP contribution in [-0.2, 0) is 4.79 Å². The van der Waals surface area contributed by atoms with Crippen molar-refractivity contribution in [2.75, 3.05) is 6.61 Å². The molecule has 0 rings (SSSR count). The molecule has 0 aliphatic rings. The highest BCUT2D eigenvalue weighted by molar-refractivity contribution is 5.76. The van der Waals surface area contributed by atoms with E-state index < -0.39 is 18.2 Å². The van der Waals surface area contributed by atoms with Crippen molar-refractivity contribution in [3.05, 3.63) is 36.5 Å². The fourth-order valence-corrected chi connectivity index (χ4v) is 5.80. The van der Waals surface area contributed by atoms with E-state index in [1.165, 1.54) is 116 Å². The first-order valence-corrected chi connectivity index (χ1v) is 19.8. The minimum Gasteiger partial charge on any atom is -0.394 e. The molecule has 270 valence electrons. The number of hydrogen-bond acceptors (Lipinski definition) is 4. The van der Waals surface area contributed by atoms with Gasteiger partial charge in [-0.3, -0.25) is 4.79 Å². The van der Waals surface area contributed by atoms with E-state index in [1.54, 1.807) is 0 Å². The molecule has 0 fully saturated rings. The maximum atomic E-state index is 12.3. The molecule has 0 aromatic carbocycles. The van der Waals surface area contributed by atoms with Gasteiger partial charge in [-0.15, -0.1) is 0 Å². The van der Waals surface area contributed by atoms with Crippen LogP contribution in [0.1, 0.15) is 194 Å². The first kappa shape index (κ1) is 44.6. The van der Waals surface area contributed by atoms with E-state index in [2.05, 4.69) is 55.6 Å². The van der Waals surface area contributed by atoms with Gasteiger partial charge in [-0.1, -0.05) is 153 Å². The molecule has 5 heteroatoms. The number of aliphatic hydroxyl groups is 3. The smallest absolute Gasteiger partial charge is 0.220 e. The van der Waals surface area contributed by atoms with Gasteiger partial charge in [-0.2, -0.15) is 0 Å². The average molecular weight is 648 g/mol. The highest BCUT2D eigenvalue weighted by Gasteiger charge is 2.26. The van der Waals surface area contributed by atoms with Gasteiger partial charge < -0.3 is 20.6 Å². The van der Waals surface area contributed by atoms with Gasteiger partial charge in [0.15, 0.2) is 0 Å². The Morgan fingerprint density at radius 1 is 0.522 bits per heavy atom. The van der Waals surface area contributed by atoms with Crippen molar-refractivity contribution in [2.24, 2.45) is 0 Å². The van der Waals surface area contributed by atoms with Crippen molar-refractivity contribution in [2.45, 2.75) is 212 Å². The van der Waals surface area contributed by atoms with Gasteiger partial charge in [0, 0.05) is 6.42 Å². The predicted octanol–water partition coefficient (Wildman–Crippen LogP) is 10.8. The lowest BCUT2D eigenvalue weighted by Gasteiger charge is -2.26. The Morgan fingerprint density at radius 3 is 1.39 bits per heavy atom. The number of unbranched alkanes of at least 4 members (excludes halogenated alkanes) is 21. The molecule has 0 aliphatic carbocycles. The van der Waals surface area contributed by atoms with Crippen molar-refractivity contribution in [3.63, 3.8) is 0 Å². The van der Waals surface area contributed by atoms with Crippen LogP contribution in [-0.4, -0.2) is 46.1 Å². The Morgan fingerprint density at radius 2 is 0.913 bits per heavy atom. The number of hydrogen-bond donors (Lipinski definition) is 4. The van der Waals surface area contributed by atoms with Gasteiger partial charge in [0.1, 0.15) is 6.10 Å². The van der Waals surface area contributed by atoms with Crippen molar-refractivity contribution < 1.29 is 20.1 Å². The molecule has 0 aromatic rings. The molecule has 0 radical (unpaired) electrons. The number of rotatable bonds is 35. The van der Waals surface area contributed by atoms with Crippen LogP contribution in [0.3, 0.4) is 0 Å². The van der Waals surface area contributed by atoms with Crippen LogP contribution >= 0.6 is 0 Å². The number of carbonyl (C=O) groups is 1. The summed E-state index contributed by atoms with van der Waals surface area (Å²) >= 11 is 0. The summed E-state index contributed by atoms with van der Waals surface area (Å²) < 4.78 is 0. The van der Waals surface area contributed by atoms with E-state index in [4.69, 9.17) is 0 Å². The van der Waals surface area contributed by atoms with Crippen LogP contribution in [0.4, 0.5) is 0 Å². The third-order valence-corrected chi connectivity index (χ3v) is 8.94. The molecule has 1 amide bonds. The quantitative estimate of drug-likeness (QED) is 0.0407.